The van der Waals surface area contributed by atoms with Crippen molar-refractivity contribution in [2.75, 3.05) is 26.9 Å². The van der Waals surface area contributed by atoms with Crippen molar-refractivity contribution in [3.05, 3.63) is 48.6 Å². The van der Waals surface area contributed by atoms with Crippen LogP contribution in [-0.4, -0.2) is 61.4 Å². The van der Waals surface area contributed by atoms with Gasteiger partial charge in [0.15, 0.2) is 0 Å². The zero-order chi connectivity index (χ0) is 17.9. The van der Waals surface area contributed by atoms with E-state index < -0.39 is 29.4 Å². The van der Waals surface area contributed by atoms with E-state index in [1.54, 1.807) is 30.3 Å². The van der Waals surface area contributed by atoms with E-state index in [9.17, 15) is 9.90 Å². The lowest BCUT2D eigenvalue weighted by Crippen LogP contribution is -2.66. The van der Waals surface area contributed by atoms with Gasteiger partial charge in [-0.3, -0.25) is 0 Å². The number of epoxide rings is 1. The molecule has 3 rings (SSSR count). The molecule has 1 aromatic rings. The van der Waals surface area contributed by atoms with Crippen LogP contribution >= 0.6 is 0 Å². The Morgan fingerprint density at radius 3 is 2.76 bits per heavy atom. The largest absolute Gasteiger partial charge is 0.456 e. The lowest BCUT2D eigenvalue weighted by Gasteiger charge is -2.46. The Morgan fingerprint density at radius 1 is 1.44 bits per heavy atom. The first-order valence-corrected chi connectivity index (χ1v) is 8.40. The highest BCUT2D eigenvalue weighted by atomic mass is 16.6. The Bertz CT molecular complexity index is 612. The van der Waals surface area contributed by atoms with E-state index in [2.05, 4.69) is 6.58 Å². The van der Waals surface area contributed by atoms with Crippen LogP contribution < -0.4 is 0 Å². The Labute approximate surface area is 147 Å². The third-order valence-corrected chi connectivity index (χ3v) is 5.00. The van der Waals surface area contributed by atoms with Crippen molar-refractivity contribution in [2.45, 2.75) is 36.3 Å². The third kappa shape index (κ3) is 3.35. The maximum Gasteiger partial charge on any atom is 0.338 e. The molecule has 4 atom stereocenters. The molecule has 1 N–H and O–H groups in total. The third-order valence-electron chi connectivity index (χ3n) is 5.00. The van der Waals surface area contributed by atoms with Gasteiger partial charge in [0, 0.05) is 7.11 Å². The van der Waals surface area contributed by atoms with E-state index >= 15 is 0 Å². The molecule has 1 spiro atoms. The van der Waals surface area contributed by atoms with Gasteiger partial charge in [0.1, 0.15) is 23.4 Å². The number of hydrogen-bond acceptors (Lipinski definition) is 6. The quantitative estimate of drug-likeness (QED) is 0.350. The van der Waals surface area contributed by atoms with Crippen molar-refractivity contribution < 1.29 is 28.8 Å². The van der Waals surface area contributed by atoms with Crippen LogP contribution in [0.2, 0.25) is 0 Å². The summed E-state index contributed by atoms with van der Waals surface area (Å²) in [5.74, 6) is -0.435. The van der Waals surface area contributed by atoms with Crippen LogP contribution in [0.4, 0.5) is 0 Å². The highest BCUT2D eigenvalue weighted by Crippen LogP contribution is 2.50. The van der Waals surface area contributed by atoms with Crippen LogP contribution in [0.3, 0.4) is 0 Å². The molecule has 1 aliphatic carbocycles. The van der Waals surface area contributed by atoms with Crippen LogP contribution in [0.1, 0.15) is 23.2 Å². The Balaban J connectivity index is 1.76. The minimum atomic E-state index is -1.38. The molecule has 0 bridgehead atoms. The molecular formula is C19H24O6. The van der Waals surface area contributed by atoms with Crippen molar-refractivity contribution in [1.29, 1.82) is 0 Å². The molecule has 0 unspecified atom stereocenters. The first-order valence-electron chi connectivity index (χ1n) is 8.40. The van der Waals surface area contributed by atoms with E-state index in [4.69, 9.17) is 18.9 Å². The van der Waals surface area contributed by atoms with Gasteiger partial charge in [-0.05, 0) is 25.0 Å². The minimum absolute atomic E-state index is 0.0247. The highest BCUT2D eigenvalue weighted by Gasteiger charge is 2.69. The van der Waals surface area contributed by atoms with E-state index in [-0.39, 0.29) is 6.61 Å². The summed E-state index contributed by atoms with van der Waals surface area (Å²) in [6.45, 7) is 4.38. The zero-order valence-corrected chi connectivity index (χ0v) is 14.3. The predicted octanol–water partition coefficient (Wildman–Crippen LogP) is 1.72. The fourth-order valence-corrected chi connectivity index (χ4v) is 3.55. The molecule has 2 aliphatic rings. The van der Waals surface area contributed by atoms with Gasteiger partial charge >= 0.3 is 5.97 Å². The van der Waals surface area contributed by atoms with Crippen LogP contribution in [0.15, 0.2) is 43.0 Å². The van der Waals surface area contributed by atoms with Gasteiger partial charge in [-0.25, -0.2) is 4.79 Å². The van der Waals surface area contributed by atoms with Gasteiger partial charge in [0.2, 0.25) is 0 Å². The summed E-state index contributed by atoms with van der Waals surface area (Å²) in [5.41, 5.74) is -1.61. The number of carbonyl (C=O) groups excluding carboxylic acids is 1. The van der Waals surface area contributed by atoms with E-state index in [1.165, 1.54) is 7.11 Å². The average molecular weight is 348 g/mol. The van der Waals surface area contributed by atoms with Gasteiger partial charge in [-0.2, -0.15) is 0 Å². The number of benzene rings is 1. The van der Waals surface area contributed by atoms with Crippen LogP contribution in [0, 0.1) is 0 Å². The molecule has 0 radical (unpaired) electrons. The summed E-state index contributed by atoms with van der Waals surface area (Å²) >= 11 is 0. The normalized spacial score (nSPS) is 33.8. The van der Waals surface area contributed by atoms with Crippen molar-refractivity contribution in [2.24, 2.45) is 0 Å². The predicted molar refractivity (Wildman–Crippen MR) is 90.3 cm³/mol. The number of rotatable bonds is 7. The SMILES string of the molecule is C=CCOC[C@@]1(O)[C@H](OC)[C@H](OC(=O)c2ccccc2)CC[C@@]12CO2. The molecule has 1 heterocycles. The van der Waals surface area contributed by atoms with Crippen molar-refractivity contribution in [3.8, 4) is 0 Å². The Kier molecular flexibility index (Phi) is 5.24. The second-order valence-electron chi connectivity index (χ2n) is 6.52. The maximum absolute atomic E-state index is 12.4. The van der Waals surface area contributed by atoms with Gasteiger partial charge in [0.25, 0.3) is 0 Å². The average Bonchev–Trinajstić information content (AvgIpc) is 3.41. The van der Waals surface area contributed by atoms with Gasteiger partial charge < -0.3 is 24.1 Å². The lowest BCUT2D eigenvalue weighted by molar-refractivity contribution is -0.217. The summed E-state index contributed by atoms with van der Waals surface area (Å²) in [7, 11) is 1.49. The van der Waals surface area contributed by atoms with Crippen LogP contribution in [0.25, 0.3) is 0 Å². The summed E-state index contributed by atoms with van der Waals surface area (Å²) in [6.07, 6.45) is 1.43. The number of methoxy groups -OCH3 is 1. The number of esters is 1. The van der Waals surface area contributed by atoms with Crippen molar-refractivity contribution >= 4 is 5.97 Å². The van der Waals surface area contributed by atoms with Crippen LogP contribution in [0.5, 0.6) is 0 Å². The van der Waals surface area contributed by atoms with E-state index in [0.717, 1.165) is 0 Å². The molecule has 0 amide bonds. The number of ether oxygens (including phenoxy) is 4. The van der Waals surface area contributed by atoms with Crippen LogP contribution in [-0.2, 0) is 18.9 Å². The fraction of sp³-hybridized carbons (Fsp3) is 0.526. The molecule has 0 aromatic heterocycles. The summed E-state index contributed by atoms with van der Waals surface area (Å²) in [6, 6.07) is 8.77. The number of aliphatic hydroxyl groups is 1. The second-order valence-corrected chi connectivity index (χ2v) is 6.52. The fourth-order valence-electron chi connectivity index (χ4n) is 3.55. The molecule has 136 valence electrons. The van der Waals surface area contributed by atoms with E-state index in [0.29, 0.717) is 31.6 Å². The highest BCUT2D eigenvalue weighted by molar-refractivity contribution is 5.89. The standard InChI is InChI=1S/C19H24O6/c1-3-11-23-13-19(21)16(22-2)15(9-10-18(19)12-24-18)25-17(20)14-7-5-4-6-8-14/h3-8,15-16,21H,1,9-13H2,2H3/t15-,16-,18-,19-/m1/s1. The molecule has 6 heteroatoms. The lowest BCUT2D eigenvalue weighted by atomic mass is 9.72. The van der Waals surface area contributed by atoms with E-state index in [1.807, 2.05) is 6.07 Å². The second kappa shape index (κ2) is 7.25. The van der Waals surface area contributed by atoms with Crippen molar-refractivity contribution in [1.82, 2.24) is 0 Å². The topological polar surface area (TPSA) is 77.5 Å². The van der Waals surface area contributed by atoms with Gasteiger partial charge in [-0.1, -0.05) is 24.3 Å². The van der Waals surface area contributed by atoms with Crippen molar-refractivity contribution in [3.63, 3.8) is 0 Å². The first-order chi connectivity index (χ1) is 12.1. The molecule has 1 aromatic carbocycles. The molecule has 2 fully saturated rings. The summed E-state index contributed by atoms with van der Waals surface area (Å²) < 4.78 is 22.3. The van der Waals surface area contributed by atoms with Gasteiger partial charge in [-0.15, -0.1) is 6.58 Å². The minimum Gasteiger partial charge on any atom is -0.456 e. The molecule has 1 saturated carbocycles. The first kappa shape index (κ1) is 18.1. The monoisotopic (exact) mass is 348 g/mol. The van der Waals surface area contributed by atoms with Gasteiger partial charge in [0.05, 0.1) is 25.4 Å². The maximum atomic E-state index is 12.4. The summed E-state index contributed by atoms with van der Waals surface area (Å²) in [5, 5.41) is 11.3. The Morgan fingerprint density at radius 2 is 2.16 bits per heavy atom. The molecule has 1 saturated heterocycles. The Hall–Kier alpha value is -1.73. The molecule has 1 aliphatic heterocycles. The molecule has 6 nitrogen and oxygen atoms in total. The molecule has 25 heavy (non-hydrogen) atoms. The number of hydrogen-bond donors (Lipinski definition) is 1. The zero-order valence-electron chi connectivity index (χ0n) is 14.3. The summed E-state index contributed by atoms with van der Waals surface area (Å²) in [4.78, 5) is 12.4. The number of carbonyl (C=O) groups is 1. The smallest absolute Gasteiger partial charge is 0.338 e. The molecular weight excluding hydrogens is 324 g/mol.